The largest absolute Gasteiger partial charge is 0.468 e. The Morgan fingerprint density at radius 3 is 1.72 bits per heavy atom. The first kappa shape index (κ1) is 31.2. The van der Waals surface area contributed by atoms with Crippen molar-refractivity contribution in [3.63, 3.8) is 0 Å². The molecule has 0 bridgehead atoms. The summed E-state index contributed by atoms with van der Waals surface area (Å²) in [6.45, 7) is 8.40. The summed E-state index contributed by atoms with van der Waals surface area (Å²) in [4.78, 5) is 71.8. The van der Waals surface area contributed by atoms with Gasteiger partial charge in [-0.25, -0.2) is 0 Å². The first-order valence-corrected chi connectivity index (χ1v) is 11.8. The number of methoxy groups -OCH3 is 1. The molecular formula is C22H33NO12S. The Bertz CT molecular complexity index is 860. The number of rotatable bonds is 11. The number of hydrogen-bond acceptors (Lipinski definition) is 14. The number of nitrogens with one attached hydrogen (secondary N) is 1. The first-order valence-electron chi connectivity index (χ1n) is 10.9. The van der Waals surface area contributed by atoms with Crippen LogP contribution in [0.25, 0.3) is 0 Å². The normalized spacial score (nSPS) is 21.7. The van der Waals surface area contributed by atoms with Gasteiger partial charge in [-0.3, -0.25) is 34.1 Å². The highest BCUT2D eigenvalue weighted by atomic mass is 32.2. The van der Waals surface area contributed by atoms with Crippen LogP contribution in [0.3, 0.4) is 0 Å². The second kappa shape index (κ2) is 13.4. The van der Waals surface area contributed by atoms with Crippen molar-refractivity contribution in [1.82, 2.24) is 5.32 Å². The lowest BCUT2D eigenvalue weighted by Gasteiger charge is -2.37. The summed E-state index contributed by atoms with van der Waals surface area (Å²) in [6, 6.07) is -0.842. The summed E-state index contributed by atoms with van der Waals surface area (Å²) in [5, 5.41) is 2.14. The van der Waals surface area contributed by atoms with E-state index in [-0.39, 0.29) is 0 Å². The van der Waals surface area contributed by atoms with Crippen LogP contribution in [0.4, 0.5) is 0 Å². The van der Waals surface area contributed by atoms with Crippen LogP contribution in [0.2, 0.25) is 0 Å². The second-order valence-electron chi connectivity index (χ2n) is 8.44. The molecule has 0 aromatic carbocycles. The molecule has 0 aliphatic carbocycles. The van der Waals surface area contributed by atoms with E-state index in [4.69, 9.17) is 28.4 Å². The van der Waals surface area contributed by atoms with Crippen LogP contribution in [-0.2, 0) is 57.2 Å². The lowest BCUT2D eigenvalue weighted by Crippen LogP contribution is -2.58. The van der Waals surface area contributed by atoms with E-state index in [2.05, 4.69) is 5.32 Å². The molecule has 0 aromatic heterocycles. The minimum Gasteiger partial charge on any atom is -0.468 e. The SMILES string of the molecule is COC(=O)[C@@H]1N[C@H]([C@@H](OC(C)=O)[C@H](OC(C)=O)[C@H](OC(C)=O)[C@H](COC(C)=O)OC(C)=O)SC1(C)C. The van der Waals surface area contributed by atoms with Crippen molar-refractivity contribution < 1.29 is 57.2 Å². The predicted octanol–water partition coefficient (Wildman–Crippen LogP) is 0.259. The average Bonchev–Trinajstić information content (AvgIpc) is 3.05. The van der Waals surface area contributed by atoms with Crippen molar-refractivity contribution in [3.05, 3.63) is 0 Å². The van der Waals surface area contributed by atoms with Gasteiger partial charge in [0.25, 0.3) is 0 Å². The monoisotopic (exact) mass is 535 g/mol. The third-order valence-corrected chi connectivity index (χ3v) is 6.38. The molecule has 0 saturated carbocycles. The molecule has 0 unspecified atom stereocenters. The molecule has 0 aromatic rings. The highest BCUT2D eigenvalue weighted by Crippen LogP contribution is 2.41. The summed E-state index contributed by atoms with van der Waals surface area (Å²) in [5.74, 6) is -4.57. The van der Waals surface area contributed by atoms with Gasteiger partial charge in [0.05, 0.1) is 12.5 Å². The molecule has 6 atom stereocenters. The summed E-state index contributed by atoms with van der Waals surface area (Å²) in [5.41, 5.74) is 0. The minimum atomic E-state index is -1.57. The zero-order valence-electron chi connectivity index (χ0n) is 21.5. The predicted molar refractivity (Wildman–Crippen MR) is 123 cm³/mol. The van der Waals surface area contributed by atoms with Crippen LogP contribution in [0.1, 0.15) is 48.5 Å². The Balaban J connectivity index is 3.60. The first-order chi connectivity index (χ1) is 16.6. The van der Waals surface area contributed by atoms with E-state index < -0.39 is 83.0 Å². The summed E-state index contributed by atoms with van der Waals surface area (Å²) < 4.78 is 30.6. The Morgan fingerprint density at radius 2 is 1.28 bits per heavy atom. The summed E-state index contributed by atoms with van der Waals surface area (Å²) >= 11 is 1.19. The fourth-order valence-electron chi connectivity index (χ4n) is 3.59. The van der Waals surface area contributed by atoms with Crippen molar-refractivity contribution in [2.45, 2.75) is 89.0 Å². The van der Waals surface area contributed by atoms with Crippen molar-refractivity contribution >= 4 is 47.6 Å². The highest BCUT2D eigenvalue weighted by molar-refractivity contribution is 8.01. The van der Waals surface area contributed by atoms with Crippen LogP contribution in [0, 0.1) is 0 Å². The molecule has 36 heavy (non-hydrogen) atoms. The average molecular weight is 536 g/mol. The molecule has 1 N–H and O–H groups in total. The number of carbonyl (C=O) groups is 6. The fourth-order valence-corrected chi connectivity index (χ4v) is 5.09. The number of esters is 6. The molecule has 0 radical (unpaired) electrons. The maximum absolute atomic E-state index is 12.4. The lowest BCUT2D eigenvalue weighted by atomic mass is 10.00. The van der Waals surface area contributed by atoms with Crippen LogP contribution in [0.5, 0.6) is 0 Å². The minimum absolute atomic E-state index is 0.557. The zero-order chi connectivity index (χ0) is 27.8. The molecule has 14 heteroatoms. The van der Waals surface area contributed by atoms with Crippen LogP contribution in [0.15, 0.2) is 0 Å². The van der Waals surface area contributed by atoms with Crippen molar-refractivity contribution in [3.8, 4) is 0 Å². The fraction of sp³-hybridized carbons (Fsp3) is 0.727. The van der Waals surface area contributed by atoms with Gasteiger partial charge in [-0.05, 0) is 13.8 Å². The molecule has 204 valence electrons. The standard InChI is InChI=1S/C22H33NO12S/c1-10(24)31-9-15(32-11(2)25)16(33-12(3)26)17(34-13(4)27)18(35-14(5)28)20-23-19(21(29)30-8)22(6,7)36-20/h15-20,23H,9H2,1-8H3/t15-,16+,17+,18-,19-,20-/m0/s1. The van der Waals surface area contributed by atoms with Crippen molar-refractivity contribution in [1.29, 1.82) is 0 Å². The smallest absolute Gasteiger partial charge is 0.324 e. The Kier molecular flexibility index (Phi) is 11.6. The van der Waals surface area contributed by atoms with E-state index in [1.807, 2.05) is 0 Å². The van der Waals surface area contributed by atoms with Crippen molar-refractivity contribution in [2.75, 3.05) is 13.7 Å². The molecule has 1 saturated heterocycles. The van der Waals surface area contributed by atoms with Gasteiger partial charge in [-0.15, -0.1) is 11.8 Å². The van der Waals surface area contributed by atoms with Crippen LogP contribution >= 0.6 is 11.8 Å². The van der Waals surface area contributed by atoms with Gasteiger partial charge in [0.15, 0.2) is 24.4 Å². The molecule has 1 heterocycles. The zero-order valence-corrected chi connectivity index (χ0v) is 22.3. The van der Waals surface area contributed by atoms with E-state index >= 15 is 0 Å². The van der Waals surface area contributed by atoms with E-state index in [9.17, 15) is 28.8 Å². The van der Waals surface area contributed by atoms with E-state index in [0.717, 1.165) is 34.6 Å². The molecule has 1 aliphatic rings. The Morgan fingerprint density at radius 1 is 0.778 bits per heavy atom. The van der Waals surface area contributed by atoms with Crippen LogP contribution < -0.4 is 5.32 Å². The maximum Gasteiger partial charge on any atom is 0.324 e. The molecule has 0 spiro atoms. The molecular weight excluding hydrogens is 502 g/mol. The molecule has 1 aliphatic heterocycles. The Hall–Kier alpha value is -2.87. The van der Waals surface area contributed by atoms with E-state index in [1.54, 1.807) is 13.8 Å². The van der Waals surface area contributed by atoms with Crippen molar-refractivity contribution in [2.24, 2.45) is 0 Å². The topological polar surface area (TPSA) is 170 Å². The number of hydrogen-bond donors (Lipinski definition) is 1. The number of ether oxygens (including phenoxy) is 6. The van der Waals surface area contributed by atoms with Gasteiger partial charge in [0.2, 0.25) is 0 Å². The van der Waals surface area contributed by atoms with Gasteiger partial charge in [-0.2, -0.15) is 0 Å². The quantitative estimate of drug-likeness (QED) is 0.282. The molecule has 13 nitrogen and oxygen atoms in total. The Labute approximate surface area is 213 Å². The highest BCUT2D eigenvalue weighted by Gasteiger charge is 2.54. The lowest BCUT2D eigenvalue weighted by molar-refractivity contribution is -0.203. The number of thioether (sulfide) groups is 1. The van der Waals surface area contributed by atoms with Gasteiger partial charge in [0, 0.05) is 39.4 Å². The van der Waals surface area contributed by atoms with Gasteiger partial charge in [0.1, 0.15) is 12.6 Å². The third kappa shape index (κ3) is 9.30. The summed E-state index contributed by atoms with van der Waals surface area (Å²) in [6.07, 6.45) is -5.91. The number of carbonyl (C=O) groups excluding carboxylic acids is 6. The summed E-state index contributed by atoms with van der Waals surface area (Å²) in [7, 11) is 1.22. The van der Waals surface area contributed by atoms with Crippen LogP contribution in [-0.4, -0.2) is 90.1 Å². The second-order valence-corrected chi connectivity index (χ2v) is 10.2. The third-order valence-electron chi connectivity index (χ3n) is 4.88. The maximum atomic E-state index is 12.4. The van der Waals surface area contributed by atoms with Gasteiger partial charge < -0.3 is 28.4 Å². The molecule has 1 rings (SSSR count). The molecule has 0 amide bonds. The van der Waals surface area contributed by atoms with E-state index in [1.165, 1.54) is 18.9 Å². The molecule has 1 fully saturated rings. The van der Waals surface area contributed by atoms with Gasteiger partial charge in [-0.1, -0.05) is 0 Å². The van der Waals surface area contributed by atoms with E-state index in [0.29, 0.717) is 0 Å². The van der Waals surface area contributed by atoms with Gasteiger partial charge >= 0.3 is 35.8 Å².